The Morgan fingerprint density at radius 2 is 1.76 bits per heavy atom. The number of aromatic nitrogens is 3. The molecule has 0 aliphatic carbocycles. The number of hydrogen-bond acceptors (Lipinski definition) is 4. The smallest absolute Gasteiger partial charge is 0.360 e. The largest absolute Gasteiger partial charge is 0.476 e. The Kier molecular flexibility index (Phi) is 4.92. The molecule has 0 spiro atoms. The van der Waals surface area contributed by atoms with Crippen molar-refractivity contribution < 1.29 is 9.90 Å². The van der Waals surface area contributed by atoms with Gasteiger partial charge < -0.3 is 10.0 Å². The van der Waals surface area contributed by atoms with Gasteiger partial charge in [-0.25, -0.2) is 4.79 Å². The molecule has 1 heterocycles. The van der Waals surface area contributed by atoms with Gasteiger partial charge in [-0.3, -0.25) is 0 Å². The average Bonchev–Trinajstić information content (AvgIpc) is 2.93. The van der Waals surface area contributed by atoms with Crippen LogP contribution in [0.5, 0.6) is 0 Å². The molecule has 0 bridgehead atoms. The molecule has 112 valence electrons. The van der Waals surface area contributed by atoms with E-state index in [-0.39, 0.29) is 5.69 Å². The Hall–Kier alpha value is -2.37. The first kappa shape index (κ1) is 15.0. The second kappa shape index (κ2) is 6.88. The van der Waals surface area contributed by atoms with Crippen LogP contribution in [0.15, 0.2) is 30.3 Å². The zero-order valence-corrected chi connectivity index (χ0v) is 12.4. The number of anilines is 1. The van der Waals surface area contributed by atoms with Crippen LogP contribution in [-0.2, 0) is 0 Å². The fraction of sp³-hybridized carbons (Fsp3) is 0.400. The summed E-state index contributed by atoms with van der Waals surface area (Å²) >= 11 is 0. The van der Waals surface area contributed by atoms with E-state index in [9.17, 15) is 9.90 Å². The molecule has 0 unspecified atom stereocenters. The van der Waals surface area contributed by atoms with Crippen LogP contribution in [-0.4, -0.2) is 39.2 Å². The molecule has 6 nitrogen and oxygen atoms in total. The zero-order valence-electron chi connectivity index (χ0n) is 12.4. The van der Waals surface area contributed by atoms with Gasteiger partial charge in [0.05, 0.1) is 5.69 Å². The average molecular weight is 288 g/mol. The van der Waals surface area contributed by atoms with E-state index in [1.165, 1.54) is 4.80 Å². The van der Waals surface area contributed by atoms with Crippen LogP contribution >= 0.6 is 0 Å². The van der Waals surface area contributed by atoms with Crippen molar-refractivity contribution in [1.29, 1.82) is 0 Å². The molecule has 1 N–H and O–H groups in total. The maximum Gasteiger partial charge on any atom is 0.360 e. The highest BCUT2D eigenvalue weighted by Crippen LogP contribution is 2.19. The third-order valence-electron chi connectivity index (χ3n) is 3.07. The first-order valence-corrected chi connectivity index (χ1v) is 7.18. The molecule has 1 aromatic carbocycles. The van der Waals surface area contributed by atoms with Crippen LogP contribution in [0.2, 0.25) is 0 Å². The van der Waals surface area contributed by atoms with Crippen molar-refractivity contribution in [2.24, 2.45) is 0 Å². The highest BCUT2D eigenvalue weighted by Gasteiger charge is 2.22. The standard InChI is InChI=1S/C15H20N4O2/c1-3-10-18(11-4-2)14-13(15(20)21)16-19(17-14)12-8-6-5-7-9-12/h5-9H,3-4,10-11H2,1-2H3,(H,20,21). The summed E-state index contributed by atoms with van der Waals surface area (Å²) in [5.41, 5.74) is 0.750. The molecule has 0 fully saturated rings. The Balaban J connectivity index is 2.44. The third kappa shape index (κ3) is 3.39. The lowest BCUT2D eigenvalue weighted by molar-refractivity contribution is 0.0690. The lowest BCUT2D eigenvalue weighted by Gasteiger charge is -2.20. The van der Waals surface area contributed by atoms with Crippen molar-refractivity contribution in [1.82, 2.24) is 15.0 Å². The number of rotatable bonds is 7. The van der Waals surface area contributed by atoms with Gasteiger partial charge in [-0.2, -0.15) is 0 Å². The molecule has 0 saturated carbocycles. The summed E-state index contributed by atoms with van der Waals surface area (Å²) in [7, 11) is 0. The predicted molar refractivity (Wildman–Crippen MR) is 81.1 cm³/mol. The fourth-order valence-corrected chi connectivity index (χ4v) is 2.19. The van der Waals surface area contributed by atoms with Crippen molar-refractivity contribution in [3.05, 3.63) is 36.0 Å². The Morgan fingerprint density at radius 3 is 2.29 bits per heavy atom. The van der Waals surface area contributed by atoms with Crippen LogP contribution in [0.25, 0.3) is 5.69 Å². The summed E-state index contributed by atoms with van der Waals surface area (Å²) in [5, 5.41) is 17.9. The van der Waals surface area contributed by atoms with Gasteiger partial charge in [0.2, 0.25) is 5.69 Å². The summed E-state index contributed by atoms with van der Waals surface area (Å²) in [6.45, 7) is 5.65. The lowest BCUT2D eigenvalue weighted by Crippen LogP contribution is -2.27. The number of carbonyl (C=O) groups is 1. The quantitative estimate of drug-likeness (QED) is 0.848. The van der Waals surface area contributed by atoms with E-state index in [0.717, 1.165) is 31.6 Å². The summed E-state index contributed by atoms with van der Waals surface area (Å²) in [6, 6.07) is 9.33. The van der Waals surface area contributed by atoms with Gasteiger partial charge in [0.1, 0.15) is 0 Å². The van der Waals surface area contributed by atoms with E-state index in [1.54, 1.807) is 0 Å². The molecule has 0 atom stereocenters. The Bertz CT molecular complexity index is 589. The molecule has 1 aromatic heterocycles. The van der Waals surface area contributed by atoms with Crippen LogP contribution in [0, 0.1) is 0 Å². The zero-order chi connectivity index (χ0) is 15.2. The van der Waals surface area contributed by atoms with E-state index in [1.807, 2.05) is 35.2 Å². The monoisotopic (exact) mass is 288 g/mol. The topological polar surface area (TPSA) is 71.2 Å². The number of aromatic carboxylic acids is 1. The molecule has 0 aliphatic rings. The minimum atomic E-state index is -1.05. The van der Waals surface area contributed by atoms with Gasteiger partial charge in [-0.1, -0.05) is 32.0 Å². The molecule has 0 saturated heterocycles. The van der Waals surface area contributed by atoms with E-state index >= 15 is 0 Å². The maximum atomic E-state index is 11.4. The van der Waals surface area contributed by atoms with Crippen LogP contribution in [0.4, 0.5) is 5.82 Å². The summed E-state index contributed by atoms with van der Waals surface area (Å²) in [5.74, 6) is -0.612. The van der Waals surface area contributed by atoms with Crippen LogP contribution in [0.3, 0.4) is 0 Å². The second-order valence-corrected chi connectivity index (χ2v) is 4.79. The van der Waals surface area contributed by atoms with Gasteiger partial charge in [0, 0.05) is 13.1 Å². The van der Waals surface area contributed by atoms with Crippen molar-refractivity contribution in [2.45, 2.75) is 26.7 Å². The van der Waals surface area contributed by atoms with Crippen molar-refractivity contribution in [3.8, 4) is 5.69 Å². The Morgan fingerprint density at radius 1 is 1.14 bits per heavy atom. The molecule has 2 aromatic rings. The van der Waals surface area contributed by atoms with Gasteiger partial charge in [-0.05, 0) is 25.0 Å². The number of nitrogens with zero attached hydrogens (tertiary/aromatic N) is 4. The molecule has 0 radical (unpaired) electrons. The molecule has 0 amide bonds. The van der Waals surface area contributed by atoms with Crippen LogP contribution < -0.4 is 4.90 Å². The van der Waals surface area contributed by atoms with Crippen molar-refractivity contribution >= 4 is 11.8 Å². The minimum absolute atomic E-state index is 0.000697. The number of benzene rings is 1. The molecule has 6 heteroatoms. The van der Waals surface area contributed by atoms with Gasteiger partial charge in [0.15, 0.2) is 5.82 Å². The highest BCUT2D eigenvalue weighted by atomic mass is 16.4. The summed E-state index contributed by atoms with van der Waals surface area (Å²) in [6.07, 6.45) is 1.86. The molecule has 21 heavy (non-hydrogen) atoms. The third-order valence-corrected chi connectivity index (χ3v) is 3.07. The van der Waals surface area contributed by atoms with E-state index in [2.05, 4.69) is 24.0 Å². The summed E-state index contributed by atoms with van der Waals surface area (Å²) in [4.78, 5) is 14.8. The van der Waals surface area contributed by atoms with Gasteiger partial charge in [0.25, 0.3) is 0 Å². The molecule has 2 rings (SSSR count). The van der Waals surface area contributed by atoms with Crippen LogP contribution in [0.1, 0.15) is 37.2 Å². The Labute approximate surface area is 124 Å². The predicted octanol–water partition coefficient (Wildman–Crippen LogP) is 2.59. The lowest BCUT2D eigenvalue weighted by atomic mass is 10.3. The van der Waals surface area contributed by atoms with E-state index < -0.39 is 5.97 Å². The second-order valence-electron chi connectivity index (χ2n) is 4.79. The maximum absolute atomic E-state index is 11.4. The number of hydrogen-bond donors (Lipinski definition) is 1. The number of carboxylic acids is 1. The first-order chi connectivity index (χ1) is 10.2. The number of carboxylic acid groups (broad SMARTS) is 1. The van der Waals surface area contributed by atoms with Crippen molar-refractivity contribution in [2.75, 3.05) is 18.0 Å². The van der Waals surface area contributed by atoms with E-state index in [4.69, 9.17) is 0 Å². The number of para-hydroxylation sites is 1. The normalized spacial score (nSPS) is 10.6. The van der Waals surface area contributed by atoms with Gasteiger partial charge >= 0.3 is 5.97 Å². The van der Waals surface area contributed by atoms with Gasteiger partial charge in [-0.15, -0.1) is 15.0 Å². The molecule has 0 aliphatic heterocycles. The highest BCUT2D eigenvalue weighted by molar-refractivity contribution is 5.91. The minimum Gasteiger partial charge on any atom is -0.476 e. The molecular weight excluding hydrogens is 268 g/mol. The van der Waals surface area contributed by atoms with E-state index in [0.29, 0.717) is 5.82 Å². The van der Waals surface area contributed by atoms with Crippen molar-refractivity contribution in [3.63, 3.8) is 0 Å². The fourth-order valence-electron chi connectivity index (χ4n) is 2.19. The first-order valence-electron chi connectivity index (χ1n) is 7.18. The summed E-state index contributed by atoms with van der Waals surface area (Å²) < 4.78 is 0. The SMILES string of the molecule is CCCN(CCC)c1nn(-c2ccccc2)nc1C(=O)O. The molecular formula is C15H20N4O2.